The van der Waals surface area contributed by atoms with Gasteiger partial charge in [0.25, 0.3) is 0 Å². The first-order valence-corrected chi connectivity index (χ1v) is 8.68. The zero-order valence-electron chi connectivity index (χ0n) is 14.8. The Balaban J connectivity index is 1.98. The summed E-state index contributed by atoms with van der Waals surface area (Å²) in [5, 5.41) is 0.322. The normalized spacial score (nSPS) is 20.2. The maximum Gasteiger partial charge on any atom is 0.334 e. The number of imidazole rings is 1. The standard InChI is InChI=1S/C18H19ClN4O3/c1-11-6-14(18(25-3)4-5-26-10-18)21-16(7-11)23-12-8-15(19)20-9-13(12)22(2)17(23)24/h6-9H,4-5,10H2,1-3H3. The number of methoxy groups -OCH3 is 1. The Labute approximate surface area is 155 Å². The van der Waals surface area contributed by atoms with Crippen LogP contribution in [0.2, 0.25) is 5.15 Å². The molecule has 4 rings (SSSR count). The van der Waals surface area contributed by atoms with E-state index in [9.17, 15) is 4.79 Å². The summed E-state index contributed by atoms with van der Waals surface area (Å²) in [5.74, 6) is 0.529. The lowest BCUT2D eigenvalue weighted by Gasteiger charge is -2.26. The summed E-state index contributed by atoms with van der Waals surface area (Å²) in [7, 11) is 3.36. The van der Waals surface area contributed by atoms with Gasteiger partial charge < -0.3 is 9.47 Å². The second kappa shape index (κ2) is 6.19. The number of hydrogen-bond acceptors (Lipinski definition) is 5. The lowest BCUT2D eigenvalue weighted by Crippen LogP contribution is -2.31. The molecule has 3 aromatic rings. The number of aryl methyl sites for hydroxylation is 2. The van der Waals surface area contributed by atoms with Gasteiger partial charge in [-0.15, -0.1) is 0 Å². The highest BCUT2D eigenvalue weighted by Gasteiger charge is 2.38. The van der Waals surface area contributed by atoms with E-state index in [1.165, 1.54) is 4.57 Å². The lowest BCUT2D eigenvalue weighted by atomic mass is 9.97. The molecule has 1 atom stereocenters. The maximum absolute atomic E-state index is 12.9. The van der Waals surface area contributed by atoms with E-state index in [-0.39, 0.29) is 5.69 Å². The summed E-state index contributed by atoms with van der Waals surface area (Å²) >= 11 is 6.06. The van der Waals surface area contributed by atoms with Gasteiger partial charge in [-0.3, -0.25) is 4.57 Å². The molecule has 1 aliphatic rings. The van der Waals surface area contributed by atoms with Gasteiger partial charge in [-0.25, -0.2) is 19.3 Å². The Morgan fingerprint density at radius 1 is 1.31 bits per heavy atom. The van der Waals surface area contributed by atoms with Gasteiger partial charge in [0.15, 0.2) is 0 Å². The topological polar surface area (TPSA) is 71.2 Å². The summed E-state index contributed by atoms with van der Waals surface area (Å²) in [6, 6.07) is 5.52. The highest BCUT2D eigenvalue weighted by Crippen LogP contribution is 2.34. The number of aromatic nitrogens is 4. The molecule has 0 radical (unpaired) electrons. The van der Waals surface area contributed by atoms with Crippen molar-refractivity contribution in [1.82, 2.24) is 19.1 Å². The number of halogens is 1. The summed E-state index contributed by atoms with van der Waals surface area (Å²) in [5.41, 5.74) is 2.30. The molecule has 4 heterocycles. The quantitative estimate of drug-likeness (QED) is 0.658. The first kappa shape index (κ1) is 17.2. The Bertz CT molecular complexity index is 1050. The average Bonchev–Trinajstić information content (AvgIpc) is 3.19. The van der Waals surface area contributed by atoms with Crippen LogP contribution in [0.1, 0.15) is 17.7 Å². The van der Waals surface area contributed by atoms with Crippen LogP contribution in [0.3, 0.4) is 0 Å². The highest BCUT2D eigenvalue weighted by molar-refractivity contribution is 6.29. The average molecular weight is 375 g/mol. The van der Waals surface area contributed by atoms with Crippen molar-refractivity contribution in [1.29, 1.82) is 0 Å². The van der Waals surface area contributed by atoms with Crippen molar-refractivity contribution in [3.05, 3.63) is 51.3 Å². The Hall–Kier alpha value is -2.22. The number of ether oxygens (including phenoxy) is 2. The molecule has 26 heavy (non-hydrogen) atoms. The zero-order valence-corrected chi connectivity index (χ0v) is 15.6. The van der Waals surface area contributed by atoms with Crippen LogP contribution in [0.4, 0.5) is 0 Å². The van der Waals surface area contributed by atoms with Gasteiger partial charge in [0.05, 0.1) is 29.5 Å². The van der Waals surface area contributed by atoms with Crippen molar-refractivity contribution in [2.75, 3.05) is 20.3 Å². The lowest BCUT2D eigenvalue weighted by molar-refractivity contribution is -0.0246. The van der Waals surface area contributed by atoms with Crippen LogP contribution in [0, 0.1) is 6.92 Å². The Kier molecular flexibility index (Phi) is 4.10. The number of hydrogen-bond donors (Lipinski definition) is 0. The third kappa shape index (κ3) is 2.55. The highest BCUT2D eigenvalue weighted by atomic mass is 35.5. The molecule has 8 heteroatoms. The van der Waals surface area contributed by atoms with E-state index in [0.717, 1.165) is 17.7 Å². The number of pyridine rings is 2. The molecule has 1 fully saturated rings. The minimum Gasteiger partial charge on any atom is -0.378 e. The van der Waals surface area contributed by atoms with Gasteiger partial charge in [0.2, 0.25) is 0 Å². The van der Waals surface area contributed by atoms with Crippen LogP contribution >= 0.6 is 11.6 Å². The molecule has 1 saturated heterocycles. The summed E-state index contributed by atoms with van der Waals surface area (Å²) in [6.07, 6.45) is 2.31. The van der Waals surface area contributed by atoms with Crippen molar-refractivity contribution in [2.24, 2.45) is 7.05 Å². The molecule has 0 amide bonds. The van der Waals surface area contributed by atoms with Crippen LogP contribution in [0.5, 0.6) is 0 Å². The van der Waals surface area contributed by atoms with Crippen molar-refractivity contribution in [3.63, 3.8) is 0 Å². The molecule has 0 saturated carbocycles. The number of rotatable bonds is 3. The van der Waals surface area contributed by atoms with Gasteiger partial charge in [-0.05, 0) is 24.6 Å². The largest absolute Gasteiger partial charge is 0.378 e. The molecule has 0 aromatic carbocycles. The van der Waals surface area contributed by atoms with Gasteiger partial charge in [0.1, 0.15) is 16.6 Å². The summed E-state index contributed by atoms with van der Waals surface area (Å²) in [6.45, 7) is 3.03. The SMILES string of the molecule is COC1(c2cc(C)cc(-n3c(=O)n(C)c4cnc(Cl)cc43)n2)CCOC1. The van der Waals surface area contributed by atoms with E-state index in [4.69, 9.17) is 26.1 Å². The fourth-order valence-electron chi connectivity index (χ4n) is 3.44. The molecular formula is C18H19ClN4O3. The van der Waals surface area contributed by atoms with Crippen LogP contribution < -0.4 is 5.69 Å². The fraction of sp³-hybridized carbons (Fsp3) is 0.389. The van der Waals surface area contributed by atoms with E-state index < -0.39 is 5.60 Å². The van der Waals surface area contributed by atoms with Gasteiger partial charge >= 0.3 is 5.69 Å². The van der Waals surface area contributed by atoms with Crippen molar-refractivity contribution in [3.8, 4) is 5.82 Å². The van der Waals surface area contributed by atoms with E-state index in [2.05, 4.69) is 4.98 Å². The van der Waals surface area contributed by atoms with Crippen LogP contribution in [0.25, 0.3) is 16.9 Å². The first-order chi connectivity index (χ1) is 12.4. The molecule has 1 aliphatic heterocycles. The molecule has 3 aromatic heterocycles. The van der Waals surface area contributed by atoms with E-state index >= 15 is 0 Å². The molecule has 7 nitrogen and oxygen atoms in total. The molecule has 0 aliphatic carbocycles. The minimum absolute atomic E-state index is 0.206. The smallest absolute Gasteiger partial charge is 0.334 e. The van der Waals surface area contributed by atoms with Gasteiger partial charge in [-0.1, -0.05) is 11.6 Å². The van der Waals surface area contributed by atoms with Gasteiger partial charge in [0, 0.05) is 33.3 Å². The predicted molar refractivity (Wildman–Crippen MR) is 98.0 cm³/mol. The minimum atomic E-state index is -0.589. The summed E-state index contributed by atoms with van der Waals surface area (Å²) in [4.78, 5) is 21.7. The molecule has 0 spiro atoms. The van der Waals surface area contributed by atoms with Crippen molar-refractivity contribution >= 4 is 22.6 Å². The monoisotopic (exact) mass is 374 g/mol. The zero-order chi connectivity index (χ0) is 18.5. The summed E-state index contributed by atoms with van der Waals surface area (Å²) < 4.78 is 14.4. The second-order valence-corrected chi connectivity index (χ2v) is 6.95. The predicted octanol–water partition coefficient (Wildman–Crippen LogP) is 2.34. The number of nitrogens with zero attached hydrogens (tertiary/aromatic N) is 4. The van der Waals surface area contributed by atoms with Crippen LogP contribution in [-0.2, 0) is 22.1 Å². The van der Waals surface area contributed by atoms with Crippen molar-refractivity contribution in [2.45, 2.75) is 18.9 Å². The number of fused-ring (bicyclic) bond motifs is 1. The van der Waals surface area contributed by atoms with E-state index in [0.29, 0.717) is 35.2 Å². The van der Waals surface area contributed by atoms with E-state index in [1.54, 1.807) is 31.0 Å². The molecule has 0 N–H and O–H groups in total. The Morgan fingerprint density at radius 3 is 2.81 bits per heavy atom. The molecule has 136 valence electrons. The molecule has 0 bridgehead atoms. The first-order valence-electron chi connectivity index (χ1n) is 8.30. The molecule has 1 unspecified atom stereocenters. The second-order valence-electron chi connectivity index (χ2n) is 6.56. The van der Waals surface area contributed by atoms with Crippen LogP contribution in [0.15, 0.2) is 29.2 Å². The maximum atomic E-state index is 12.9. The third-order valence-electron chi connectivity index (χ3n) is 4.94. The molecular weight excluding hydrogens is 356 g/mol. The van der Waals surface area contributed by atoms with E-state index in [1.807, 2.05) is 19.1 Å². The third-order valence-corrected chi connectivity index (χ3v) is 5.14. The van der Waals surface area contributed by atoms with Crippen LogP contribution in [-0.4, -0.2) is 39.4 Å². The Morgan fingerprint density at radius 2 is 2.12 bits per heavy atom. The van der Waals surface area contributed by atoms with Gasteiger partial charge in [-0.2, -0.15) is 0 Å². The van der Waals surface area contributed by atoms with Crippen molar-refractivity contribution < 1.29 is 9.47 Å². The fourth-order valence-corrected chi connectivity index (χ4v) is 3.59.